The largest absolute Gasteiger partial charge is 0.489 e. The van der Waals surface area contributed by atoms with Gasteiger partial charge in [-0.05, 0) is 58.0 Å². The van der Waals surface area contributed by atoms with Crippen molar-refractivity contribution in [3.05, 3.63) is 58.7 Å². The van der Waals surface area contributed by atoms with Crippen LogP contribution in [0.25, 0.3) is 0 Å². The minimum absolute atomic E-state index is 0.0850. The van der Waals surface area contributed by atoms with Gasteiger partial charge in [0.2, 0.25) is 0 Å². The first-order chi connectivity index (χ1) is 11.3. The Morgan fingerprint density at radius 2 is 1.62 bits per heavy atom. The van der Waals surface area contributed by atoms with Crippen LogP contribution in [0.4, 0.5) is 5.69 Å². The second kappa shape index (κ2) is 7.17. The lowest BCUT2D eigenvalue weighted by Crippen LogP contribution is -2.15. The molecule has 0 atom stereocenters. The molecule has 2 aromatic carbocycles. The Hall–Kier alpha value is -2.82. The molecule has 0 fully saturated rings. The molecule has 5 heteroatoms. The van der Waals surface area contributed by atoms with E-state index < -0.39 is 5.97 Å². The Balaban J connectivity index is 2.36. The molecule has 0 bridgehead atoms. The number of ether oxygens (including phenoxy) is 1. The van der Waals surface area contributed by atoms with Crippen molar-refractivity contribution < 1.29 is 19.4 Å². The first-order valence-electron chi connectivity index (χ1n) is 7.70. The van der Waals surface area contributed by atoms with E-state index in [2.05, 4.69) is 5.32 Å². The van der Waals surface area contributed by atoms with E-state index in [1.807, 2.05) is 33.8 Å². The van der Waals surface area contributed by atoms with Gasteiger partial charge in [0, 0.05) is 5.56 Å². The highest BCUT2D eigenvalue weighted by molar-refractivity contribution is 6.06. The van der Waals surface area contributed by atoms with Crippen molar-refractivity contribution in [3.8, 4) is 5.75 Å². The molecule has 0 unspecified atom stereocenters. The molecule has 126 valence electrons. The van der Waals surface area contributed by atoms with E-state index in [9.17, 15) is 9.59 Å². The highest BCUT2D eigenvalue weighted by Crippen LogP contribution is 2.27. The topological polar surface area (TPSA) is 75.6 Å². The van der Waals surface area contributed by atoms with Crippen molar-refractivity contribution in [3.63, 3.8) is 0 Å². The number of aryl methyl sites for hydroxylation is 2. The summed E-state index contributed by atoms with van der Waals surface area (Å²) in [5.41, 5.74) is 2.91. The van der Waals surface area contributed by atoms with Crippen LogP contribution in [0.2, 0.25) is 0 Å². The van der Waals surface area contributed by atoms with Gasteiger partial charge in [-0.2, -0.15) is 0 Å². The van der Waals surface area contributed by atoms with Gasteiger partial charge in [-0.15, -0.1) is 0 Å². The van der Waals surface area contributed by atoms with Gasteiger partial charge >= 0.3 is 5.97 Å². The van der Waals surface area contributed by atoms with Crippen molar-refractivity contribution in [2.24, 2.45) is 0 Å². The Kier molecular flexibility index (Phi) is 5.24. The van der Waals surface area contributed by atoms with Gasteiger partial charge in [-0.3, -0.25) is 4.79 Å². The Bertz CT molecular complexity index is 761. The van der Waals surface area contributed by atoms with Crippen LogP contribution in [-0.4, -0.2) is 23.1 Å². The first kappa shape index (κ1) is 17.5. The van der Waals surface area contributed by atoms with Crippen LogP contribution in [0.1, 0.15) is 45.7 Å². The lowest BCUT2D eigenvalue weighted by molar-refractivity contribution is 0.0696. The van der Waals surface area contributed by atoms with Crippen molar-refractivity contribution in [1.82, 2.24) is 0 Å². The number of aromatic carboxylic acids is 1. The van der Waals surface area contributed by atoms with E-state index in [4.69, 9.17) is 9.84 Å². The summed E-state index contributed by atoms with van der Waals surface area (Å²) in [5, 5.41) is 11.9. The number of carbonyl (C=O) groups is 2. The summed E-state index contributed by atoms with van der Waals surface area (Å²) >= 11 is 0. The van der Waals surface area contributed by atoms with Gasteiger partial charge in [0.25, 0.3) is 5.91 Å². The average Bonchev–Trinajstić information content (AvgIpc) is 2.47. The number of hydrogen-bond donors (Lipinski definition) is 2. The minimum Gasteiger partial charge on any atom is -0.489 e. The number of anilines is 1. The van der Waals surface area contributed by atoms with Crippen LogP contribution in [0.5, 0.6) is 5.75 Å². The van der Waals surface area contributed by atoms with Crippen LogP contribution in [0.15, 0.2) is 36.4 Å². The van der Waals surface area contributed by atoms with Crippen LogP contribution < -0.4 is 10.1 Å². The maximum Gasteiger partial charge on any atom is 0.335 e. The van der Waals surface area contributed by atoms with Crippen LogP contribution in [0, 0.1) is 13.8 Å². The van der Waals surface area contributed by atoms with E-state index in [-0.39, 0.29) is 17.6 Å². The van der Waals surface area contributed by atoms with Crippen molar-refractivity contribution >= 4 is 17.6 Å². The van der Waals surface area contributed by atoms with Gasteiger partial charge in [-0.1, -0.05) is 17.2 Å². The average molecular weight is 327 g/mol. The molecule has 0 spiro atoms. The van der Waals surface area contributed by atoms with E-state index in [1.165, 1.54) is 12.1 Å². The molecule has 5 nitrogen and oxygen atoms in total. The number of carboxylic acid groups (broad SMARTS) is 1. The Labute approximate surface area is 141 Å². The zero-order chi connectivity index (χ0) is 17.9. The third-order valence-corrected chi connectivity index (χ3v) is 3.32. The molecule has 0 aliphatic carbocycles. The molecule has 1 amide bonds. The lowest BCUT2D eigenvalue weighted by Gasteiger charge is -2.16. The van der Waals surface area contributed by atoms with Crippen molar-refractivity contribution in [2.75, 3.05) is 5.32 Å². The third-order valence-electron chi connectivity index (χ3n) is 3.32. The number of rotatable bonds is 5. The summed E-state index contributed by atoms with van der Waals surface area (Å²) in [6.07, 6.45) is -0.0995. The van der Waals surface area contributed by atoms with Gasteiger partial charge in [0.15, 0.2) is 0 Å². The second-order valence-electron chi connectivity index (χ2n) is 6.01. The monoisotopic (exact) mass is 327 g/mol. The number of hydrogen-bond acceptors (Lipinski definition) is 3. The summed E-state index contributed by atoms with van der Waals surface area (Å²) in [6, 6.07) is 9.96. The number of benzene rings is 2. The predicted molar refractivity (Wildman–Crippen MR) is 93.0 cm³/mol. The molecule has 2 N–H and O–H groups in total. The molecule has 0 saturated heterocycles. The molecule has 0 aliphatic heterocycles. The predicted octanol–water partition coefficient (Wildman–Crippen LogP) is 4.04. The molecule has 0 saturated carbocycles. The molecule has 0 radical (unpaired) electrons. The van der Waals surface area contributed by atoms with Gasteiger partial charge in [0.05, 0.1) is 17.4 Å². The molecule has 0 aliphatic rings. The molecule has 2 aromatic rings. The molecular weight excluding hydrogens is 306 g/mol. The summed E-state index contributed by atoms with van der Waals surface area (Å²) in [4.78, 5) is 23.7. The number of carbonyl (C=O) groups excluding carboxylic acids is 1. The highest BCUT2D eigenvalue weighted by Gasteiger charge is 2.14. The number of carboxylic acids is 1. The van der Waals surface area contributed by atoms with Gasteiger partial charge in [-0.25, -0.2) is 4.79 Å². The van der Waals surface area contributed by atoms with E-state index in [0.29, 0.717) is 17.0 Å². The van der Waals surface area contributed by atoms with E-state index >= 15 is 0 Å². The lowest BCUT2D eigenvalue weighted by atomic mass is 10.1. The Morgan fingerprint density at radius 1 is 1.00 bits per heavy atom. The zero-order valence-electron chi connectivity index (χ0n) is 14.2. The first-order valence-corrected chi connectivity index (χ1v) is 7.70. The van der Waals surface area contributed by atoms with Gasteiger partial charge in [0.1, 0.15) is 5.75 Å². The Morgan fingerprint density at radius 3 is 2.17 bits per heavy atom. The molecular formula is C19H21NO4. The van der Waals surface area contributed by atoms with Crippen LogP contribution in [-0.2, 0) is 0 Å². The third kappa shape index (κ3) is 4.35. The van der Waals surface area contributed by atoms with Crippen molar-refractivity contribution in [2.45, 2.75) is 33.8 Å². The van der Waals surface area contributed by atoms with Crippen LogP contribution in [0.3, 0.4) is 0 Å². The van der Waals surface area contributed by atoms with E-state index in [1.54, 1.807) is 18.2 Å². The zero-order valence-corrected chi connectivity index (χ0v) is 14.2. The normalized spacial score (nSPS) is 10.5. The molecule has 0 aromatic heterocycles. The molecule has 24 heavy (non-hydrogen) atoms. The standard InChI is InChI=1S/C19H21NO4/c1-11(2)24-17-6-5-14(19(22)23)10-16(17)20-18(21)15-8-12(3)7-13(4)9-15/h5-11H,1-4H3,(H,20,21)(H,22,23). The SMILES string of the molecule is Cc1cc(C)cc(C(=O)Nc2cc(C(=O)O)ccc2OC(C)C)c1. The summed E-state index contributed by atoms with van der Waals surface area (Å²) in [7, 11) is 0. The molecule has 0 heterocycles. The van der Waals surface area contributed by atoms with Gasteiger partial charge < -0.3 is 15.2 Å². The summed E-state index contributed by atoms with van der Waals surface area (Å²) in [6.45, 7) is 7.56. The maximum absolute atomic E-state index is 12.5. The summed E-state index contributed by atoms with van der Waals surface area (Å²) in [5.74, 6) is -0.932. The van der Waals surface area contributed by atoms with E-state index in [0.717, 1.165) is 11.1 Å². The fourth-order valence-electron chi connectivity index (χ4n) is 2.42. The fraction of sp³-hybridized carbons (Fsp3) is 0.263. The second-order valence-corrected chi connectivity index (χ2v) is 6.01. The summed E-state index contributed by atoms with van der Waals surface area (Å²) < 4.78 is 5.66. The quantitative estimate of drug-likeness (QED) is 0.869. The number of nitrogens with one attached hydrogen (secondary N) is 1. The highest BCUT2D eigenvalue weighted by atomic mass is 16.5. The number of amides is 1. The minimum atomic E-state index is -1.06. The van der Waals surface area contributed by atoms with Crippen LogP contribution >= 0.6 is 0 Å². The maximum atomic E-state index is 12.5. The fourth-order valence-corrected chi connectivity index (χ4v) is 2.42. The molecule has 2 rings (SSSR count). The smallest absolute Gasteiger partial charge is 0.335 e. The van der Waals surface area contributed by atoms with Crippen molar-refractivity contribution in [1.29, 1.82) is 0 Å².